The van der Waals surface area contributed by atoms with Crippen LogP contribution in [0.4, 0.5) is 0 Å². The summed E-state index contributed by atoms with van der Waals surface area (Å²) in [6.45, 7) is 4.42. The highest BCUT2D eigenvalue weighted by molar-refractivity contribution is 7.19. The van der Waals surface area contributed by atoms with Crippen LogP contribution in [0.5, 0.6) is 0 Å². The van der Waals surface area contributed by atoms with Crippen LogP contribution in [-0.4, -0.2) is 4.98 Å². The molecule has 1 aliphatic carbocycles. The van der Waals surface area contributed by atoms with Gasteiger partial charge in [-0.25, -0.2) is 4.98 Å². The normalized spacial score (nSPS) is 23.1. The molecule has 0 amide bonds. The Labute approximate surface area is 127 Å². The molecule has 2 nitrogen and oxygen atoms in total. The van der Waals surface area contributed by atoms with E-state index in [9.17, 15) is 0 Å². The van der Waals surface area contributed by atoms with Crippen molar-refractivity contribution in [1.82, 2.24) is 4.98 Å². The monoisotopic (exact) mass is 305 g/mol. The topological polar surface area (TPSA) is 22.1 Å². The summed E-state index contributed by atoms with van der Waals surface area (Å²) in [4.78, 5) is 4.74. The zero-order chi connectivity index (χ0) is 14.1. The lowest BCUT2D eigenvalue weighted by Gasteiger charge is -2.15. The van der Waals surface area contributed by atoms with E-state index in [2.05, 4.69) is 26.0 Å². The first-order valence-corrected chi connectivity index (χ1v) is 7.88. The number of nitrogens with zero attached hydrogens (tertiary/aromatic N) is 1. The van der Waals surface area contributed by atoms with Crippen molar-refractivity contribution < 1.29 is 4.29 Å². The van der Waals surface area contributed by atoms with E-state index in [1.165, 1.54) is 4.70 Å². The lowest BCUT2D eigenvalue weighted by Crippen LogP contribution is -2.03. The van der Waals surface area contributed by atoms with E-state index in [1.54, 1.807) is 11.3 Å². The van der Waals surface area contributed by atoms with E-state index in [4.69, 9.17) is 21.1 Å². The zero-order valence-electron chi connectivity index (χ0n) is 11.5. The Hall–Kier alpha value is -1.32. The highest BCUT2D eigenvalue weighted by Gasteiger charge is 2.24. The van der Waals surface area contributed by atoms with Gasteiger partial charge in [-0.3, -0.25) is 0 Å². The Balaban J connectivity index is 2.13. The van der Waals surface area contributed by atoms with Crippen molar-refractivity contribution in [3.63, 3.8) is 0 Å². The van der Waals surface area contributed by atoms with Gasteiger partial charge in [0.15, 0.2) is 5.76 Å². The number of hydrogen-bond donors (Lipinski definition) is 0. The van der Waals surface area contributed by atoms with Gasteiger partial charge >= 0.3 is 0 Å². The van der Waals surface area contributed by atoms with Crippen molar-refractivity contribution in [2.24, 2.45) is 11.8 Å². The first kappa shape index (κ1) is 13.7. The fourth-order valence-corrected chi connectivity index (χ4v) is 3.97. The summed E-state index contributed by atoms with van der Waals surface area (Å²) >= 11 is 7.37. The number of fused-ring (bicyclic) bond motifs is 1. The number of rotatable bonds is 2. The van der Waals surface area contributed by atoms with Gasteiger partial charge in [-0.05, 0) is 36.5 Å². The summed E-state index contributed by atoms with van der Waals surface area (Å²) in [5.74, 6) is 1.61. The van der Waals surface area contributed by atoms with E-state index in [-0.39, 0.29) is 0 Å². The molecule has 1 aliphatic rings. The second-order valence-electron chi connectivity index (χ2n) is 5.31. The van der Waals surface area contributed by atoms with Gasteiger partial charge in [0.1, 0.15) is 16.9 Å². The molecule has 0 spiro atoms. The molecule has 2 unspecified atom stereocenters. The molecule has 2 aromatic rings. The molecule has 4 heteroatoms. The van der Waals surface area contributed by atoms with Crippen molar-refractivity contribution in [2.45, 2.75) is 20.3 Å². The van der Waals surface area contributed by atoms with Gasteiger partial charge < -0.3 is 4.29 Å². The number of para-hydroxylation sites is 1. The summed E-state index contributed by atoms with van der Waals surface area (Å²) in [6.07, 6.45) is 5.20. The Morgan fingerprint density at radius 3 is 2.85 bits per heavy atom. The van der Waals surface area contributed by atoms with Crippen LogP contribution < -0.4 is 0 Å². The first-order chi connectivity index (χ1) is 9.69. The van der Waals surface area contributed by atoms with Crippen molar-refractivity contribution in [3.8, 4) is 0 Å². The quantitative estimate of drug-likeness (QED) is 0.740. The molecule has 1 aromatic heterocycles. The number of benzene rings is 1. The molecule has 1 heterocycles. The molecule has 20 heavy (non-hydrogen) atoms. The molecule has 2 atom stereocenters. The van der Waals surface area contributed by atoms with E-state index in [0.717, 1.165) is 28.3 Å². The summed E-state index contributed by atoms with van der Waals surface area (Å²) in [6, 6.07) is 8.18. The Morgan fingerprint density at radius 2 is 2.10 bits per heavy atom. The summed E-state index contributed by atoms with van der Waals surface area (Å²) in [5, 5.41) is 1.01. The lowest BCUT2D eigenvalue weighted by molar-refractivity contribution is 0.489. The predicted molar refractivity (Wildman–Crippen MR) is 85.6 cm³/mol. The molecule has 104 valence electrons. The minimum absolute atomic E-state index is 0.370. The van der Waals surface area contributed by atoms with Gasteiger partial charge in [0.2, 0.25) is 0 Å². The van der Waals surface area contributed by atoms with Gasteiger partial charge in [0, 0.05) is 5.57 Å². The second kappa shape index (κ2) is 5.58. The van der Waals surface area contributed by atoms with Crippen molar-refractivity contribution in [2.75, 3.05) is 0 Å². The van der Waals surface area contributed by atoms with Gasteiger partial charge in [-0.15, -0.1) is 11.3 Å². The maximum absolute atomic E-state index is 5.68. The second-order valence-corrected chi connectivity index (χ2v) is 6.50. The van der Waals surface area contributed by atoms with Crippen LogP contribution in [0, 0.1) is 11.8 Å². The fraction of sp³-hybridized carbons (Fsp3) is 0.312. The molecular formula is C16H16ClNOS. The molecule has 0 aliphatic heterocycles. The van der Waals surface area contributed by atoms with Crippen LogP contribution in [0.15, 0.2) is 42.2 Å². The van der Waals surface area contributed by atoms with Crippen LogP contribution >= 0.6 is 23.2 Å². The smallest absolute Gasteiger partial charge is 0.152 e. The number of hydrogen-bond acceptors (Lipinski definition) is 3. The Morgan fingerprint density at radius 1 is 1.30 bits per heavy atom. The Kier molecular flexibility index (Phi) is 3.81. The van der Waals surface area contributed by atoms with E-state index >= 15 is 0 Å². The van der Waals surface area contributed by atoms with Crippen molar-refractivity contribution in [3.05, 3.63) is 47.2 Å². The highest BCUT2D eigenvalue weighted by Crippen LogP contribution is 2.38. The molecule has 0 N–H and O–H groups in total. The maximum Gasteiger partial charge on any atom is 0.152 e. The number of thiazole rings is 1. The minimum Gasteiger partial charge on any atom is -0.385 e. The molecule has 0 bridgehead atoms. The number of halogens is 1. The molecule has 3 rings (SSSR count). The third-order valence-electron chi connectivity index (χ3n) is 3.67. The first-order valence-electron chi connectivity index (χ1n) is 6.76. The van der Waals surface area contributed by atoms with Gasteiger partial charge in [0.05, 0.1) is 10.2 Å². The van der Waals surface area contributed by atoms with E-state index < -0.39 is 0 Å². The molecule has 0 fully saturated rings. The summed E-state index contributed by atoms with van der Waals surface area (Å²) < 4.78 is 6.28. The van der Waals surface area contributed by atoms with Gasteiger partial charge in [-0.1, -0.05) is 32.1 Å². The third kappa shape index (κ3) is 2.48. The predicted octanol–water partition coefficient (Wildman–Crippen LogP) is 5.41. The molecule has 0 saturated heterocycles. The van der Waals surface area contributed by atoms with E-state index in [0.29, 0.717) is 11.8 Å². The number of aromatic nitrogens is 1. The lowest BCUT2D eigenvalue weighted by atomic mass is 9.93. The average Bonchev–Trinajstić information content (AvgIpc) is 2.79. The van der Waals surface area contributed by atoms with E-state index in [1.807, 2.05) is 24.3 Å². The van der Waals surface area contributed by atoms with Crippen LogP contribution in [0.25, 0.3) is 15.8 Å². The zero-order valence-corrected chi connectivity index (χ0v) is 13.0. The van der Waals surface area contributed by atoms with Crippen molar-refractivity contribution in [1.29, 1.82) is 0 Å². The summed E-state index contributed by atoms with van der Waals surface area (Å²) in [5.41, 5.74) is 2.14. The van der Waals surface area contributed by atoms with Crippen molar-refractivity contribution >= 4 is 39.0 Å². The summed E-state index contributed by atoms with van der Waals surface area (Å²) in [7, 11) is 0. The molecular weight excluding hydrogens is 290 g/mol. The SMILES string of the molecule is CC1C=CC(OCl)=C(c2nc3ccccc3s2)C(C)C1. The molecule has 0 radical (unpaired) electrons. The van der Waals surface area contributed by atoms with Crippen LogP contribution in [0.1, 0.15) is 25.3 Å². The van der Waals surface area contributed by atoms with Gasteiger partial charge in [0.25, 0.3) is 0 Å². The largest absolute Gasteiger partial charge is 0.385 e. The molecule has 1 aromatic carbocycles. The van der Waals surface area contributed by atoms with Gasteiger partial charge in [-0.2, -0.15) is 0 Å². The van der Waals surface area contributed by atoms with Crippen LogP contribution in [-0.2, 0) is 4.29 Å². The van der Waals surface area contributed by atoms with Crippen LogP contribution in [0.3, 0.4) is 0 Å². The maximum atomic E-state index is 5.68. The minimum atomic E-state index is 0.370. The highest BCUT2D eigenvalue weighted by atomic mass is 35.5. The van der Waals surface area contributed by atoms with Crippen LogP contribution in [0.2, 0.25) is 0 Å². The Bertz CT molecular complexity index is 656. The third-order valence-corrected chi connectivity index (χ3v) is 4.90. The number of allylic oxidation sites excluding steroid dienone is 3. The standard InChI is InChI=1S/C16H16ClNOS/c1-10-7-8-13(19-17)15(11(2)9-10)16-18-12-5-3-4-6-14(12)20-16/h3-8,10-11H,9H2,1-2H3. The molecule has 0 saturated carbocycles. The average molecular weight is 306 g/mol. The fourth-order valence-electron chi connectivity index (χ4n) is 2.71.